The summed E-state index contributed by atoms with van der Waals surface area (Å²) < 4.78 is 18.8. The van der Waals surface area contributed by atoms with Gasteiger partial charge in [0.1, 0.15) is 10.9 Å². The second-order valence-corrected chi connectivity index (χ2v) is 10.5. The highest BCUT2D eigenvalue weighted by atomic mass is 79.9. The van der Waals surface area contributed by atoms with Gasteiger partial charge >= 0.3 is 0 Å². The van der Waals surface area contributed by atoms with Gasteiger partial charge in [-0.25, -0.2) is 0 Å². The van der Waals surface area contributed by atoms with Crippen LogP contribution >= 0.6 is 51.5 Å². The standard InChI is InChI=1S/C24H23BrClNO4S2/c1-2-29-20-11-15(10-18(25)22(20)31-14-16-6-3-4-8-19(16)26)12-21-23(28)27(24(32)33-21)13-17-7-5-9-30-17/h3-4,6,8,10-12,17H,2,5,7,9,13-14H2,1H3/b21-12-/t17-/m1/s1. The highest BCUT2D eigenvalue weighted by Gasteiger charge is 2.34. The zero-order valence-electron chi connectivity index (χ0n) is 18.0. The molecule has 2 heterocycles. The Morgan fingerprint density at radius 3 is 2.88 bits per heavy atom. The fourth-order valence-corrected chi connectivity index (χ4v) is 5.68. The number of thiocarbonyl (C=S) groups is 1. The molecule has 2 saturated heterocycles. The van der Waals surface area contributed by atoms with Crippen LogP contribution in [0.1, 0.15) is 30.9 Å². The topological polar surface area (TPSA) is 48.0 Å². The lowest BCUT2D eigenvalue weighted by molar-refractivity contribution is -0.123. The van der Waals surface area contributed by atoms with Crippen molar-refractivity contribution >= 4 is 67.8 Å². The largest absolute Gasteiger partial charge is 0.490 e. The molecule has 0 N–H and O–H groups in total. The van der Waals surface area contributed by atoms with Crippen LogP contribution < -0.4 is 9.47 Å². The lowest BCUT2D eigenvalue weighted by Crippen LogP contribution is -2.35. The first kappa shape index (κ1) is 24.5. The van der Waals surface area contributed by atoms with Crippen LogP contribution in [0.25, 0.3) is 6.08 Å². The third-order valence-electron chi connectivity index (χ3n) is 5.24. The van der Waals surface area contributed by atoms with E-state index in [0.29, 0.717) is 45.5 Å². The maximum atomic E-state index is 13.0. The maximum absolute atomic E-state index is 13.0. The maximum Gasteiger partial charge on any atom is 0.266 e. The number of benzene rings is 2. The average molecular weight is 569 g/mol. The molecule has 2 aromatic carbocycles. The number of carbonyl (C=O) groups excluding carboxylic acids is 1. The Bertz CT molecular complexity index is 1090. The van der Waals surface area contributed by atoms with Gasteiger partial charge in [-0.05, 0) is 65.5 Å². The number of nitrogens with zero attached hydrogens (tertiary/aromatic N) is 1. The van der Waals surface area contributed by atoms with Crippen molar-refractivity contribution in [3.05, 3.63) is 61.9 Å². The Morgan fingerprint density at radius 2 is 2.15 bits per heavy atom. The normalized spacial score (nSPS) is 19.5. The molecule has 33 heavy (non-hydrogen) atoms. The average Bonchev–Trinajstić information content (AvgIpc) is 3.39. The van der Waals surface area contributed by atoms with E-state index in [9.17, 15) is 4.79 Å². The number of hydrogen-bond donors (Lipinski definition) is 0. The van der Waals surface area contributed by atoms with E-state index in [2.05, 4.69) is 15.9 Å². The summed E-state index contributed by atoms with van der Waals surface area (Å²) in [5.41, 5.74) is 1.69. The van der Waals surface area contributed by atoms with Crippen molar-refractivity contribution in [3.8, 4) is 11.5 Å². The second kappa shape index (κ2) is 11.2. The van der Waals surface area contributed by atoms with Crippen LogP contribution in [-0.4, -0.2) is 41.0 Å². The fraction of sp³-hybridized carbons (Fsp3) is 0.333. The molecule has 0 aliphatic carbocycles. The zero-order chi connectivity index (χ0) is 23.4. The van der Waals surface area contributed by atoms with Crippen molar-refractivity contribution in [1.29, 1.82) is 0 Å². The molecule has 9 heteroatoms. The number of ether oxygens (including phenoxy) is 3. The molecule has 2 aromatic rings. The molecular weight excluding hydrogens is 546 g/mol. The highest BCUT2D eigenvalue weighted by Crippen LogP contribution is 2.40. The molecule has 5 nitrogen and oxygen atoms in total. The van der Waals surface area contributed by atoms with Crippen LogP contribution in [0.4, 0.5) is 0 Å². The van der Waals surface area contributed by atoms with Gasteiger partial charge < -0.3 is 14.2 Å². The van der Waals surface area contributed by atoms with E-state index < -0.39 is 0 Å². The highest BCUT2D eigenvalue weighted by molar-refractivity contribution is 9.10. The summed E-state index contributed by atoms with van der Waals surface area (Å²) in [5.74, 6) is 1.08. The molecular formula is C24H23BrClNO4S2. The Labute approximate surface area is 216 Å². The third kappa shape index (κ3) is 5.92. The predicted molar refractivity (Wildman–Crippen MR) is 140 cm³/mol. The lowest BCUT2D eigenvalue weighted by atomic mass is 10.1. The Kier molecular flexibility index (Phi) is 8.35. The number of carbonyl (C=O) groups is 1. The van der Waals surface area contributed by atoms with Crippen molar-refractivity contribution in [2.75, 3.05) is 19.8 Å². The predicted octanol–water partition coefficient (Wildman–Crippen LogP) is 6.46. The Morgan fingerprint density at radius 1 is 1.33 bits per heavy atom. The molecule has 2 fully saturated rings. The van der Waals surface area contributed by atoms with Crippen molar-refractivity contribution in [1.82, 2.24) is 4.90 Å². The van der Waals surface area contributed by atoms with Gasteiger partial charge in [-0.2, -0.15) is 0 Å². The minimum atomic E-state index is -0.0892. The Balaban J connectivity index is 1.54. The van der Waals surface area contributed by atoms with Crippen LogP contribution in [-0.2, 0) is 16.1 Å². The van der Waals surface area contributed by atoms with Crippen LogP contribution in [0.5, 0.6) is 11.5 Å². The minimum Gasteiger partial charge on any atom is -0.490 e. The van der Waals surface area contributed by atoms with Gasteiger partial charge in [0.2, 0.25) is 0 Å². The van der Waals surface area contributed by atoms with E-state index in [1.165, 1.54) is 11.8 Å². The third-order valence-corrected chi connectivity index (χ3v) is 7.58. The first-order chi connectivity index (χ1) is 16.0. The van der Waals surface area contributed by atoms with E-state index in [4.69, 9.17) is 38.0 Å². The number of amides is 1. The monoisotopic (exact) mass is 567 g/mol. The summed E-state index contributed by atoms with van der Waals surface area (Å²) in [6, 6.07) is 11.3. The van der Waals surface area contributed by atoms with Crippen LogP contribution in [0.15, 0.2) is 45.8 Å². The van der Waals surface area contributed by atoms with Gasteiger partial charge in [0.05, 0.1) is 28.6 Å². The smallest absolute Gasteiger partial charge is 0.266 e. The van der Waals surface area contributed by atoms with Crippen molar-refractivity contribution in [2.24, 2.45) is 0 Å². The molecule has 0 saturated carbocycles. The second-order valence-electron chi connectivity index (χ2n) is 7.57. The molecule has 2 aliphatic rings. The number of thioether (sulfide) groups is 1. The van der Waals surface area contributed by atoms with Gasteiger partial charge in [0.15, 0.2) is 11.5 Å². The van der Waals surface area contributed by atoms with Gasteiger partial charge in [-0.3, -0.25) is 9.69 Å². The Hall–Kier alpha value is -1.58. The molecule has 4 rings (SSSR count). The van der Waals surface area contributed by atoms with Gasteiger partial charge in [-0.1, -0.05) is 53.8 Å². The molecule has 0 spiro atoms. The summed E-state index contributed by atoms with van der Waals surface area (Å²) in [6.45, 7) is 3.94. The zero-order valence-corrected chi connectivity index (χ0v) is 22.0. The molecule has 0 bridgehead atoms. The van der Waals surface area contributed by atoms with Crippen LogP contribution in [0.3, 0.4) is 0 Å². The first-order valence-corrected chi connectivity index (χ1v) is 13.1. The van der Waals surface area contributed by atoms with E-state index in [1.54, 1.807) is 4.90 Å². The molecule has 2 aliphatic heterocycles. The number of halogens is 2. The van der Waals surface area contributed by atoms with E-state index in [-0.39, 0.29) is 12.0 Å². The van der Waals surface area contributed by atoms with Crippen LogP contribution in [0.2, 0.25) is 5.02 Å². The summed E-state index contributed by atoms with van der Waals surface area (Å²) in [7, 11) is 0. The molecule has 1 atom stereocenters. The van der Waals surface area contributed by atoms with Crippen LogP contribution in [0, 0.1) is 0 Å². The summed E-state index contributed by atoms with van der Waals surface area (Å²) in [4.78, 5) is 15.2. The molecule has 174 valence electrons. The minimum absolute atomic E-state index is 0.0556. The first-order valence-electron chi connectivity index (χ1n) is 10.7. The van der Waals surface area contributed by atoms with Gasteiger partial charge in [0, 0.05) is 17.2 Å². The van der Waals surface area contributed by atoms with E-state index in [0.717, 1.165) is 35.0 Å². The lowest BCUT2D eigenvalue weighted by Gasteiger charge is -2.18. The van der Waals surface area contributed by atoms with Crippen molar-refractivity contribution < 1.29 is 19.0 Å². The van der Waals surface area contributed by atoms with E-state index >= 15 is 0 Å². The van der Waals surface area contributed by atoms with E-state index in [1.807, 2.05) is 49.4 Å². The summed E-state index contributed by atoms with van der Waals surface area (Å²) in [5, 5.41) is 0.647. The van der Waals surface area contributed by atoms with Crippen molar-refractivity contribution in [2.45, 2.75) is 32.5 Å². The number of hydrogen-bond acceptors (Lipinski definition) is 6. The fourth-order valence-electron chi connectivity index (χ4n) is 3.64. The van der Waals surface area contributed by atoms with Gasteiger partial charge in [-0.15, -0.1) is 0 Å². The quantitative estimate of drug-likeness (QED) is 0.269. The SMILES string of the molecule is CCOc1cc(/C=C2\SC(=S)N(C[C@H]3CCCO3)C2=O)cc(Br)c1OCc1ccccc1Cl. The molecule has 1 amide bonds. The number of rotatable bonds is 8. The summed E-state index contributed by atoms with van der Waals surface area (Å²) in [6.07, 6.45) is 3.87. The van der Waals surface area contributed by atoms with Crippen molar-refractivity contribution in [3.63, 3.8) is 0 Å². The van der Waals surface area contributed by atoms with Gasteiger partial charge in [0.25, 0.3) is 5.91 Å². The molecule has 0 radical (unpaired) electrons. The summed E-state index contributed by atoms with van der Waals surface area (Å²) >= 11 is 16.6. The molecule has 0 aromatic heterocycles. The molecule has 0 unspecified atom stereocenters.